The second kappa shape index (κ2) is 4.03. The summed E-state index contributed by atoms with van der Waals surface area (Å²) in [4.78, 5) is 0. The summed E-state index contributed by atoms with van der Waals surface area (Å²) in [5.74, 6) is 0.658. The Morgan fingerprint density at radius 3 is 2.64 bits per heavy atom. The van der Waals surface area contributed by atoms with Crippen molar-refractivity contribution in [2.75, 3.05) is 11.2 Å². The smallest absolute Gasteiger partial charge is 0.206 e. The molecule has 1 saturated carbocycles. The molecular formula is C9H14ClN3S. The molecule has 1 heterocycles. The highest BCUT2D eigenvalue weighted by Crippen LogP contribution is 2.34. The quantitative estimate of drug-likeness (QED) is 0.813. The standard InChI is InChI=1S/C9H14ClN3S/c1-7-12-13-8(14-7)11-9(6-10)4-2-3-5-9/h2-6H2,1H3,(H,11,13). The maximum Gasteiger partial charge on any atom is 0.206 e. The molecule has 0 radical (unpaired) electrons. The van der Waals surface area contributed by atoms with Crippen LogP contribution in [0, 0.1) is 6.92 Å². The molecule has 0 spiro atoms. The molecule has 3 nitrogen and oxygen atoms in total. The third-order valence-corrected chi connectivity index (χ3v) is 3.98. The maximum atomic E-state index is 6.02. The van der Waals surface area contributed by atoms with Gasteiger partial charge in [0.1, 0.15) is 5.01 Å². The first-order chi connectivity index (χ1) is 6.74. The maximum absolute atomic E-state index is 6.02. The van der Waals surface area contributed by atoms with E-state index in [2.05, 4.69) is 15.5 Å². The van der Waals surface area contributed by atoms with Crippen molar-refractivity contribution in [2.45, 2.75) is 38.1 Å². The summed E-state index contributed by atoms with van der Waals surface area (Å²) in [6.45, 7) is 1.96. The van der Waals surface area contributed by atoms with E-state index in [4.69, 9.17) is 11.6 Å². The molecule has 0 amide bonds. The van der Waals surface area contributed by atoms with E-state index in [0.29, 0.717) is 5.88 Å². The van der Waals surface area contributed by atoms with Gasteiger partial charge < -0.3 is 5.32 Å². The van der Waals surface area contributed by atoms with Crippen LogP contribution in [-0.2, 0) is 0 Å². The van der Waals surface area contributed by atoms with E-state index in [-0.39, 0.29) is 5.54 Å². The van der Waals surface area contributed by atoms with Crippen LogP contribution in [0.25, 0.3) is 0 Å². The van der Waals surface area contributed by atoms with E-state index in [0.717, 1.165) is 23.0 Å². The molecule has 0 bridgehead atoms. The average molecular weight is 232 g/mol. The first kappa shape index (κ1) is 10.2. The SMILES string of the molecule is Cc1nnc(NC2(CCl)CCCC2)s1. The normalized spacial score (nSPS) is 19.9. The van der Waals surface area contributed by atoms with Crippen LogP contribution in [0.4, 0.5) is 5.13 Å². The fourth-order valence-electron chi connectivity index (χ4n) is 1.92. The number of aromatic nitrogens is 2. The number of nitrogens with one attached hydrogen (secondary N) is 1. The molecule has 5 heteroatoms. The Kier molecular flexibility index (Phi) is 2.93. The molecule has 1 aliphatic rings. The van der Waals surface area contributed by atoms with Crippen LogP contribution in [0.15, 0.2) is 0 Å². The topological polar surface area (TPSA) is 37.8 Å². The molecule has 1 N–H and O–H groups in total. The van der Waals surface area contributed by atoms with E-state index < -0.39 is 0 Å². The summed E-state index contributed by atoms with van der Waals surface area (Å²) in [7, 11) is 0. The Morgan fingerprint density at radius 2 is 2.14 bits per heavy atom. The number of hydrogen-bond donors (Lipinski definition) is 1. The van der Waals surface area contributed by atoms with E-state index >= 15 is 0 Å². The Bertz CT molecular complexity index is 307. The predicted octanol–water partition coefficient (Wildman–Crippen LogP) is 2.81. The fraction of sp³-hybridized carbons (Fsp3) is 0.778. The molecule has 2 rings (SSSR count). The molecule has 0 unspecified atom stereocenters. The van der Waals surface area contributed by atoms with Crippen LogP contribution < -0.4 is 5.32 Å². The van der Waals surface area contributed by atoms with Gasteiger partial charge in [0, 0.05) is 5.88 Å². The predicted molar refractivity (Wildman–Crippen MR) is 60.2 cm³/mol. The Morgan fingerprint density at radius 1 is 1.43 bits per heavy atom. The van der Waals surface area contributed by atoms with Gasteiger partial charge >= 0.3 is 0 Å². The third kappa shape index (κ3) is 2.01. The number of halogens is 1. The summed E-state index contributed by atoms with van der Waals surface area (Å²) in [5.41, 5.74) is 0.0769. The molecule has 1 aromatic heterocycles. The van der Waals surface area contributed by atoms with Crippen molar-refractivity contribution in [3.05, 3.63) is 5.01 Å². The molecule has 0 aliphatic heterocycles. The van der Waals surface area contributed by atoms with Crippen LogP contribution in [0.2, 0.25) is 0 Å². The Labute approximate surface area is 92.9 Å². The van der Waals surface area contributed by atoms with Crippen molar-refractivity contribution < 1.29 is 0 Å². The summed E-state index contributed by atoms with van der Waals surface area (Å²) in [5, 5.41) is 13.4. The van der Waals surface area contributed by atoms with Crippen molar-refractivity contribution in [2.24, 2.45) is 0 Å². The molecule has 0 atom stereocenters. The van der Waals surface area contributed by atoms with Gasteiger partial charge in [-0.25, -0.2) is 0 Å². The van der Waals surface area contributed by atoms with Gasteiger partial charge in [0.25, 0.3) is 0 Å². The monoisotopic (exact) mass is 231 g/mol. The molecule has 1 aliphatic carbocycles. The van der Waals surface area contributed by atoms with Gasteiger partial charge in [-0.2, -0.15) is 0 Å². The first-order valence-corrected chi connectivity index (χ1v) is 6.23. The van der Waals surface area contributed by atoms with Crippen LogP contribution in [0.5, 0.6) is 0 Å². The van der Waals surface area contributed by atoms with Crippen molar-refractivity contribution in [3.63, 3.8) is 0 Å². The van der Waals surface area contributed by atoms with Crippen LogP contribution in [0.3, 0.4) is 0 Å². The average Bonchev–Trinajstić information content (AvgIpc) is 2.77. The summed E-state index contributed by atoms with van der Waals surface area (Å²) in [6.07, 6.45) is 4.82. The molecule has 14 heavy (non-hydrogen) atoms. The van der Waals surface area contributed by atoms with Gasteiger partial charge in [-0.05, 0) is 19.8 Å². The molecule has 0 saturated heterocycles. The molecule has 0 aromatic carbocycles. The zero-order valence-electron chi connectivity index (χ0n) is 8.22. The highest BCUT2D eigenvalue weighted by molar-refractivity contribution is 7.15. The second-order valence-electron chi connectivity index (χ2n) is 3.87. The van der Waals surface area contributed by atoms with Gasteiger partial charge in [-0.1, -0.05) is 24.2 Å². The van der Waals surface area contributed by atoms with Gasteiger partial charge in [-0.3, -0.25) is 0 Å². The number of alkyl halides is 1. The highest BCUT2D eigenvalue weighted by atomic mass is 35.5. The highest BCUT2D eigenvalue weighted by Gasteiger charge is 2.33. The molecule has 1 aromatic rings. The molecule has 1 fully saturated rings. The van der Waals surface area contributed by atoms with Gasteiger partial charge in [0.15, 0.2) is 0 Å². The second-order valence-corrected chi connectivity index (χ2v) is 5.32. The number of hydrogen-bond acceptors (Lipinski definition) is 4. The summed E-state index contributed by atoms with van der Waals surface area (Å²) >= 11 is 7.61. The van der Waals surface area contributed by atoms with Gasteiger partial charge in [0.2, 0.25) is 5.13 Å². The lowest BCUT2D eigenvalue weighted by molar-refractivity contribution is 0.539. The van der Waals surface area contributed by atoms with E-state index in [1.54, 1.807) is 11.3 Å². The number of rotatable bonds is 3. The minimum atomic E-state index is 0.0769. The Balaban J connectivity index is 2.08. The lowest BCUT2D eigenvalue weighted by atomic mass is 10.0. The molecule has 78 valence electrons. The van der Waals surface area contributed by atoms with Crippen molar-refractivity contribution in [3.8, 4) is 0 Å². The lowest BCUT2D eigenvalue weighted by Gasteiger charge is -2.27. The van der Waals surface area contributed by atoms with Gasteiger partial charge in [0.05, 0.1) is 5.54 Å². The number of anilines is 1. The van der Waals surface area contributed by atoms with Crippen molar-refractivity contribution >= 4 is 28.1 Å². The van der Waals surface area contributed by atoms with E-state index in [1.807, 2.05) is 6.92 Å². The zero-order chi connectivity index (χ0) is 10.0. The van der Waals surface area contributed by atoms with E-state index in [9.17, 15) is 0 Å². The summed E-state index contributed by atoms with van der Waals surface area (Å²) in [6, 6.07) is 0. The zero-order valence-corrected chi connectivity index (χ0v) is 9.79. The minimum Gasteiger partial charge on any atom is -0.353 e. The fourth-order valence-corrected chi connectivity index (χ4v) is 2.96. The lowest BCUT2D eigenvalue weighted by Crippen LogP contribution is -2.36. The minimum absolute atomic E-state index is 0.0769. The van der Waals surface area contributed by atoms with E-state index in [1.165, 1.54) is 12.8 Å². The third-order valence-electron chi connectivity index (χ3n) is 2.71. The summed E-state index contributed by atoms with van der Waals surface area (Å²) < 4.78 is 0. The largest absolute Gasteiger partial charge is 0.353 e. The van der Waals surface area contributed by atoms with Crippen molar-refractivity contribution in [1.29, 1.82) is 0 Å². The molecular weight excluding hydrogens is 218 g/mol. The van der Waals surface area contributed by atoms with Crippen molar-refractivity contribution in [1.82, 2.24) is 10.2 Å². The number of nitrogens with zero attached hydrogens (tertiary/aromatic N) is 2. The van der Waals surface area contributed by atoms with Gasteiger partial charge in [-0.15, -0.1) is 21.8 Å². The van der Waals surface area contributed by atoms with Crippen LogP contribution in [0.1, 0.15) is 30.7 Å². The first-order valence-electron chi connectivity index (χ1n) is 4.88. The Hall–Kier alpha value is -0.350. The van der Waals surface area contributed by atoms with Crippen LogP contribution in [-0.4, -0.2) is 21.6 Å². The number of aryl methyl sites for hydroxylation is 1. The van der Waals surface area contributed by atoms with Crippen LogP contribution >= 0.6 is 22.9 Å².